The van der Waals surface area contributed by atoms with E-state index in [4.69, 9.17) is 4.74 Å². The van der Waals surface area contributed by atoms with Gasteiger partial charge in [-0.2, -0.15) is 0 Å². The van der Waals surface area contributed by atoms with Gasteiger partial charge < -0.3 is 15.0 Å². The minimum atomic E-state index is -0.0359. The molecule has 0 spiro atoms. The average Bonchev–Trinajstić information content (AvgIpc) is 2.59. The Labute approximate surface area is 63.7 Å². The van der Waals surface area contributed by atoms with Gasteiger partial charge in [0.2, 0.25) is 6.35 Å². The summed E-state index contributed by atoms with van der Waals surface area (Å²) >= 11 is 1.64. The number of nitrogens with zero attached hydrogens (tertiary/aromatic N) is 1. The fourth-order valence-corrected chi connectivity index (χ4v) is 1.41. The van der Waals surface area contributed by atoms with Crippen molar-refractivity contribution in [3.05, 3.63) is 29.9 Å². The van der Waals surface area contributed by atoms with Crippen LogP contribution in [0.1, 0.15) is 0 Å². The molecule has 0 aromatic rings. The normalized spacial score (nSPS) is 28.8. The molecular formula is C6H7N2OS. The Balaban J connectivity index is 1.93. The molecule has 0 saturated carbocycles. The van der Waals surface area contributed by atoms with Gasteiger partial charge in [-0.05, 0) is 5.41 Å². The number of hydrogen-bond acceptors (Lipinski definition) is 4. The van der Waals surface area contributed by atoms with E-state index >= 15 is 0 Å². The first kappa shape index (κ1) is 5.97. The summed E-state index contributed by atoms with van der Waals surface area (Å²) in [4.78, 5) is 1.96. The van der Waals surface area contributed by atoms with Crippen LogP contribution in [0.2, 0.25) is 0 Å². The molecule has 2 aliphatic rings. The second-order valence-electron chi connectivity index (χ2n) is 1.93. The standard InChI is InChI=1S/C6H7N2OS/c1-3-9-6(7-1)8-2-4-10-5-8/h1-7H. The zero-order valence-corrected chi connectivity index (χ0v) is 6.04. The van der Waals surface area contributed by atoms with Crippen molar-refractivity contribution in [3.63, 3.8) is 0 Å². The largest absolute Gasteiger partial charge is 0.458 e. The number of thioether (sulfide) groups is 1. The van der Waals surface area contributed by atoms with Crippen molar-refractivity contribution in [3.8, 4) is 0 Å². The van der Waals surface area contributed by atoms with Crippen molar-refractivity contribution in [2.75, 3.05) is 0 Å². The first-order valence-corrected chi connectivity index (χ1v) is 3.90. The van der Waals surface area contributed by atoms with E-state index in [1.807, 2.05) is 22.4 Å². The Morgan fingerprint density at radius 1 is 1.60 bits per heavy atom. The Hall–Kier alpha value is -0.770. The molecule has 2 aliphatic heterocycles. The van der Waals surface area contributed by atoms with E-state index in [1.54, 1.807) is 24.2 Å². The molecule has 2 rings (SSSR count). The number of ether oxygens (including phenoxy) is 1. The van der Waals surface area contributed by atoms with E-state index in [-0.39, 0.29) is 6.35 Å². The SMILES string of the molecule is [CH]1SC=CN1C1NC=CO1. The van der Waals surface area contributed by atoms with Crippen molar-refractivity contribution in [1.29, 1.82) is 0 Å². The van der Waals surface area contributed by atoms with Crippen LogP contribution in [0.5, 0.6) is 0 Å². The maximum absolute atomic E-state index is 5.18. The average molecular weight is 155 g/mol. The van der Waals surface area contributed by atoms with Crippen molar-refractivity contribution < 1.29 is 4.74 Å². The molecule has 1 radical (unpaired) electrons. The molecule has 10 heavy (non-hydrogen) atoms. The Morgan fingerprint density at radius 3 is 3.20 bits per heavy atom. The highest BCUT2D eigenvalue weighted by Gasteiger charge is 2.19. The molecule has 2 heterocycles. The Kier molecular flexibility index (Phi) is 1.47. The van der Waals surface area contributed by atoms with Crippen LogP contribution in [0.25, 0.3) is 0 Å². The third-order valence-electron chi connectivity index (χ3n) is 1.28. The van der Waals surface area contributed by atoms with Gasteiger partial charge in [-0.1, -0.05) is 0 Å². The van der Waals surface area contributed by atoms with Gasteiger partial charge in [0.15, 0.2) is 0 Å². The number of nitrogens with one attached hydrogen (secondary N) is 1. The third kappa shape index (κ3) is 0.945. The quantitative estimate of drug-likeness (QED) is 0.610. The minimum absolute atomic E-state index is 0.0359. The summed E-state index contributed by atoms with van der Waals surface area (Å²) in [6.45, 7) is 0. The van der Waals surface area contributed by atoms with Gasteiger partial charge in [0.05, 0.1) is 0 Å². The van der Waals surface area contributed by atoms with E-state index in [9.17, 15) is 0 Å². The molecule has 53 valence electrons. The highest BCUT2D eigenvalue weighted by Crippen LogP contribution is 2.23. The molecule has 0 bridgehead atoms. The van der Waals surface area contributed by atoms with Crippen LogP contribution in [0, 0.1) is 5.88 Å². The lowest BCUT2D eigenvalue weighted by atomic mass is 10.7. The zero-order chi connectivity index (χ0) is 6.81. The Bertz CT molecular complexity index is 173. The third-order valence-corrected chi connectivity index (χ3v) is 1.92. The summed E-state index contributed by atoms with van der Waals surface area (Å²) in [5.41, 5.74) is 0. The smallest absolute Gasteiger partial charge is 0.250 e. The molecule has 4 heteroatoms. The summed E-state index contributed by atoms with van der Waals surface area (Å²) in [5.74, 6) is 1.99. The van der Waals surface area contributed by atoms with Gasteiger partial charge in [0.25, 0.3) is 0 Å². The molecule has 1 atom stereocenters. The predicted octanol–water partition coefficient (Wildman–Crippen LogP) is 1.00. The first-order valence-electron chi connectivity index (χ1n) is 2.96. The van der Waals surface area contributed by atoms with E-state index in [1.165, 1.54) is 0 Å². The first-order chi connectivity index (χ1) is 4.97. The molecule has 1 unspecified atom stereocenters. The maximum atomic E-state index is 5.18. The van der Waals surface area contributed by atoms with Crippen molar-refractivity contribution in [1.82, 2.24) is 10.2 Å². The van der Waals surface area contributed by atoms with Crippen LogP contribution in [0.4, 0.5) is 0 Å². The van der Waals surface area contributed by atoms with E-state index in [0.29, 0.717) is 0 Å². The molecular weight excluding hydrogens is 148 g/mol. The van der Waals surface area contributed by atoms with Crippen molar-refractivity contribution in [2.24, 2.45) is 0 Å². The monoisotopic (exact) mass is 155 g/mol. The Morgan fingerprint density at radius 2 is 2.60 bits per heavy atom. The van der Waals surface area contributed by atoms with Gasteiger partial charge >= 0.3 is 0 Å². The second kappa shape index (κ2) is 2.46. The van der Waals surface area contributed by atoms with Crippen LogP contribution in [-0.4, -0.2) is 11.3 Å². The minimum Gasteiger partial charge on any atom is -0.458 e. The highest BCUT2D eigenvalue weighted by molar-refractivity contribution is 8.04. The molecule has 0 saturated heterocycles. The van der Waals surface area contributed by atoms with Gasteiger partial charge in [0, 0.05) is 12.4 Å². The van der Waals surface area contributed by atoms with Crippen molar-refractivity contribution >= 4 is 11.8 Å². The van der Waals surface area contributed by atoms with Crippen LogP contribution in [-0.2, 0) is 4.74 Å². The lowest BCUT2D eigenvalue weighted by molar-refractivity contribution is 0.0504. The lowest BCUT2D eigenvalue weighted by Gasteiger charge is -2.21. The van der Waals surface area contributed by atoms with Crippen LogP contribution in [0.3, 0.4) is 0 Å². The molecule has 0 amide bonds. The maximum Gasteiger partial charge on any atom is 0.250 e. The number of rotatable bonds is 1. The molecule has 0 aromatic carbocycles. The summed E-state index contributed by atoms with van der Waals surface area (Å²) in [6, 6.07) is 0. The van der Waals surface area contributed by atoms with Gasteiger partial charge in [-0.3, -0.25) is 0 Å². The van der Waals surface area contributed by atoms with Crippen LogP contribution in [0.15, 0.2) is 24.1 Å². The van der Waals surface area contributed by atoms with Gasteiger partial charge in [-0.25, -0.2) is 0 Å². The number of hydrogen-bond donors (Lipinski definition) is 1. The van der Waals surface area contributed by atoms with E-state index in [0.717, 1.165) is 0 Å². The predicted molar refractivity (Wildman–Crippen MR) is 40.0 cm³/mol. The molecule has 0 fully saturated rings. The van der Waals surface area contributed by atoms with Gasteiger partial charge in [0.1, 0.15) is 12.1 Å². The topological polar surface area (TPSA) is 24.5 Å². The summed E-state index contributed by atoms with van der Waals surface area (Å²) < 4.78 is 5.18. The van der Waals surface area contributed by atoms with Crippen molar-refractivity contribution in [2.45, 2.75) is 6.35 Å². The van der Waals surface area contributed by atoms with Crippen LogP contribution < -0.4 is 5.32 Å². The fourth-order valence-electron chi connectivity index (χ4n) is 0.810. The summed E-state index contributed by atoms with van der Waals surface area (Å²) in [5, 5.41) is 5.03. The molecule has 3 nitrogen and oxygen atoms in total. The second-order valence-corrected chi connectivity index (χ2v) is 2.69. The van der Waals surface area contributed by atoms with Gasteiger partial charge in [-0.15, -0.1) is 11.8 Å². The van der Waals surface area contributed by atoms with Crippen LogP contribution >= 0.6 is 11.8 Å². The zero-order valence-electron chi connectivity index (χ0n) is 5.23. The van der Waals surface area contributed by atoms with E-state index in [2.05, 4.69) is 5.32 Å². The molecule has 0 aliphatic carbocycles. The summed E-state index contributed by atoms with van der Waals surface area (Å²) in [6.07, 6.45) is 5.37. The lowest BCUT2D eigenvalue weighted by Crippen LogP contribution is -2.35. The fraction of sp³-hybridized carbons (Fsp3) is 0.167. The molecule has 1 N–H and O–H groups in total. The summed E-state index contributed by atoms with van der Waals surface area (Å²) in [7, 11) is 0. The van der Waals surface area contributed by atoms with E-state index < -0.39 is 0 Å². The molecule has 0 aromatic heterocycles. The highest BCUT2D eigenvalue weighted by atomic mass is 32.2.